The molecule has 0 bridgehead atoms. The summed E-state index contributed by atoms with van der Waals surface area (Å²) in [7, 11) is 0. The van der Waals surface area contributed by atoms with Gasteiger partial charge in [0.25, 0.3) is 5.91 Å². The molecule has 1 aliphatic heterocycles. The van der Waals surface area contributed by atoms with Crippen LogP contribution in [0.3, 0.4) is 0 Å². The molecule has 1 fully saturated rings. The number of piperidine rings is 1. The van der Waals surface area contributed by atoms with Crippen LogP contribution in [0.4, 0.5) is 20.6 Å². The summed E-state index contributed by atoms with van der Waals surface area (Å²) in [6.07, 6.45) is 1.65. The Morgan fingerprint density at radius 3 is 2.62 bits per heavy atom. The van der Waals surface area contributed by atoms with Crippen molar-refractivity contribution in [2.45, 2.75) is 25.7 Å². The highest BCUT2D eigenvalue weighted by atomic mass is 35.5. The number of benzene rings is 2. The lowest BCUT2D eigenvalue weighted by molar-refractivity contribution is 0.102. The Morgan fingerprint density at radius 2 is 1.88 bits per heavy atom. The highest BCUT2D eigenvalue weighted by Gasteiger charge is 2.28. The summed E-state index contributed by atoms with van der Waals surface area (Å²) in [5.74, 6) is -0.859. The summed E-state index contributed by atoms with van der Waals surface area (Å²) in [5, 5.41) is 14.8. The Labute approximate surface area is 193 Å². The molecule has 1 aromatic heterocycles. The Bertz CT molecular complexity index is 1140. The number of rotatable bonds is 4. The molecule has 0 spiro atoms. The van der Waals surface area contributed by atoms with Crippen molar-refractivity contribution in [3.63, 3.8) is 0 Å². The maximum atomic E-state index is 13.3. The quantitative estimate of drug-likeness (QED) is 0.538. The van der Waals surface area contributed by atoms with Crippen molar-refractivity contribution in [1.29, 1.82) is 0 Å². The van der Waals surface area contributed by atoms with Crippen LogP contribution in [-0.4, -0.2) is 40.1 Å². The van der Waals surface area contributed by atoms with Gasteiger partial charge in [-0.15, -0.1) is 10.2 Å². The van der Waals surface area contributed by atoms with Gasteiger partial charge >= 0.3 is 6.03 Å². The van der Waals surface area contributed by atoms with Crippen LogP contribution < -0.4 is 10.6 Å². The minimum Gasteiger partial charge on any atom is -0.324 e. The number of urea groups is 1. The van der Waals surface area contributed by atoms with Gasteiger partial charge in [0.15, 0.2) is 0 Å². The van der Waals surface area contributed by atoms with Gasteiger partial charge < -0.3 is 15.5 Å². The molecule has 2 heterocycles. The molecule has 3 aromatic rings. The van der Waals surface area contributed by atoms with Gasteiger partial charge in [0.05, 0.1) is 5.02 Å². The van der Waals surface area contributed by atoms with Gasteiger partial charge in [-0.3, -0.25) is 4.79 Å². The Kier molecular flexibility index (Phi) is 6.66. The third-order valence-electron chi connectivity index (χ3n) is 5.17. The summed E-state index contributed by atoms with van der Waals surface area (Å²) < 4.78 is 13.3. The summed E-state index contributed by atoms with van der Waals surface area (Å²) in [6.45, 7) is 3.02. The molecule has 0 radical (unpaired) electrons. The van der Waals surface area contributed by atoms with E-state index >= 15 is 0 Å². The van der Waals surface area contributed by atoms with Crippen molar-refractivity contribution in [2.24, 2.45) is 0 Å². The first kappa shape index (κ1) is 22.2. The number of likely N-dealkylation sites (tertiary alicyclic amines) is 1. The molecule has 3 amide bonds. The molecule has 2 aromatic carbocycles. The largest absolute Gasteiger partial charge is 0.324 e. The molecule has 0 unspecified atom stereocenters. The molecule has 2 N–H and O–H groups in total. The van der Waals surface area contributed by atoms with E-state index in [2.05, 4.69) is 20.8 Å². The van der Waals surface area contributed by atoms with E-state index in [9.17, 15) is 14.0 Å². The number of carbonyl (C=O) groups is 2. The minimum atomic E-state index is -0.541. The van der Waals surface area contributed by atoms with Gasteiger partial charge in [0.2, 0.25) is 5.01 Å². The van der Waals surface area contributed by atoms with E-state index in [1.165, 1.54) is 29.5 Å². The fourth-order valence-electron chi connectivity index (χ4n) is 3.45. The molecule has 1 aliphatic rings. The van der Waals surface area contributed by atoms with Crippen LogP contribution in [0.15, 0.2) is 42.5 Å². The lowest BCUT2D eigenvalue weighted by atomic mass is 9.99. The second-order valence-corrected chi connectivity index (χ2v) is 9.03. The van der Waals surface area contributed by atoms with Gasteiger partial charge in [0.1, 0.15) is 10.8 Å². The lowest BCUT2D eigenvalue weighted by Crippen LogP contribution is -2.41. The lowest BCUT2D eigenvalue weighted by Gasteiger charge is -2.31. The molecule has 0 saturated carbocycles. The van der Waals surface area contributed by atoms with E-state index < -0.39 is 5.82 Å². The van der Waals surface area contributed by atoms with Crippen molar-refractivity contribution in [3.8, 4) is 0 Å². The molecule has 1 atom stereocenters. The van der Waals surface area contributed by atoms with E-state index in [1.807, 2.05) is 31.2 Å². The smallest absolute Gasteiger partial charge is 0.321 e. The molecule has 7 nitrogen and oxygen atoms in total. The van der Waals surface area contributed by atoms with Crippen molar-refractivity contribution in [3.05, 3.63) is 68.9 Å². The number of nitrogens with zero attached hydrogens (tertiary/aromatic N) is 3. The third-order valence-corrected chi connectivity index (χ3v) is 6.55. The van der Waals surface area contributed by atoms with Gasteiger partial charge in [-0.1, -0.05) is 40.6 Å². The number of amides is 3. The number of aromatic nitrogens is 2. The average molecular weight is 474 g/mol. The van der Waals surface area contributed by atoms with Gasteiger partial charge in [-0.2, -0.15) is 0 Å². The van der Waals surface area contributed by atoms with Gasteiger partial charge in [-0.25, -0.2) is 9.18 Å². The predicted octanol–water partition coefficient (Wildman–Crippen LogP) is 5.30. The van der Waals surface area contributed by atoms with Crippen LogP contribution in [0.5, 0.6) is 0 Å². The molecule has 0 aliphatic carbocycles. The molecule has 1 saturated heterocycles. The van der Waals surface area contributed by atoms with Crippen LogP contribution in [-0.2, 0) is 0 Å². The van der Waals surface area contributed by atoms with Gasteiger partial charge in [-0.05, 0) is 50.1 Å². The van der Waals surface area contributed by atoms with E-state index in [1.54, 1.807) is 4.90 Å². The van der Waals surface area contributed by atoms with Crippen molar-refractivity contribution >= 4 is 46.3 Å². The van der Waals surface area contributed by atoms with Crippen LogP contribution in [0.1, 0.15) is 39.1 Å². The molecule has 4 rings (SSSR count). The summed E-state index contributed by atoms with van der Waals surface area (Å²) >= 11 is 7.03. The average Bonchev–Trinajstić information content (AvgIpc) is 3.28. The molecular weight excluding hydrogens is 453 g/mol. The number of hydrogen-bond donors (Lipinski definition) is 2. The number of halogens is 2. The zero-order chi connectivity index (χ0) is 22.7. The second kappa shape index (κ2) is 9.62. The van der Waals surface area contributed by atoms with E-state index in [-0.39, 0.29) is 27.9 Å². The molecular formula is C22H21ClFN5O2S. The Morgan fingerprint density at radius 1 is 1.12 bits per heavy atom. The summed E-state index contributed by atoms with van der Waals surface area (Å²) in [4.78, 5) is 26.8. The number of hydrogen-bond acceptors (Lipinski definition) is 5. The minimum absolute atomic E-state index is 0.00951. The normalized spacial score (nSPS) is 16.0. The first-order valence-electron chi connectivity index (χ1n) is 10.1. The van der Waals surface area contributed by atoms with Crippen molar-refractivity contribution < 1.29 is 14.0 Å². The third kappa shape index (κ3) is 5.23. The maximum Gasteiger partial charge on any atom is 0.321 e. The predicted molar refractivity (Wildman–Crippen MR) is 123 cm³/mol. The van der Waals surface area contributed by atoms with Crippen LogP contribution in [0.25, 0.3) is 0 Å². The highest BCUT2D eigenvalue weighted by molar-refractivity contribution is 7.13. The van der Waals surface area contributed by atoms with E-state index in [4.69, 9.17) is 11.6 Å². The first-order valence-corrected chi connectivity index (χ1v) is 11.3. The monoisotopic (exact) mass is 473 g/mol. The van der Waals surface area contributed by atoms with Crippen molar-refractivity contribution in [1.82, 2.24) is 15.1 Å². The summed E-state index contributed by atoms with van der Waals surface area (Å²) in [6, 6.07) is 11.3. The van der Waals surface area contributed by atoms with Crippen molar-refractivity contribution in [2.75, 3.05) is 23.7 Å². The zero-order valence-corrected chi connectivity index (χ0v) is 18.8. The fourth-order valence-corrected chi connectivity index (χ4v) is 4.50. The summed E-state index contributed by atoms with van der Waals surface area (Å²) in [5.41, 5.74) is 2.22. The standard InChI is InChI=1S/C22H21ClFN5O2S/c1-13-4-6-15(7-5-13)25-19(30)21-28-27-20(32-21)14-3-2-10-29(12-14)22(31)26-16-8-9-18(24)17(23)11-16/h4-9,11,14H,2-3,10,12H2,1H3,(H,25,30)(H,26,31)/t14-/m0/s1. The SMILES string of the molecule is Cc1ccc(NC(=O)c2nnc([C@H]3CCCN(C(=O)Nc4ccc(F)c(Cl)c4)C3)s2)cc1. The van der Waals surface area contributed by atoms with Crippen LogP contribution in [0, 0.1) is 12.7 Å². The zero-order valence-electron chi connectivity index (χ0n) is 17.3. The topological polar surface area (TPSA) is 87.2 Å². The Hall–Kier alpha value is -3.04. The van der Waals surface area contributed by atoms with E-state index in [0.29, 0.717) is 24.5 Å². The first-order chi connectivity index (χ1) is 15.4. The maximum absolute atomic E-state index is 13.3. The number of carbonyl (C=O) groups excluding carboxylic acids is 2. The van der Waals surface area contributed by atoms with Gasteiger partial charge in [0, 0.05) is 30.4 Å². The fraction of sp³-hybridized carbons (Fsp3) is 0.273. The number of nitrogens with one attached hydrogen (secondary N) is 2. The number of anilines is 2. The van der Waals surface area contributed by atoms with Crippen LogP contribution >= 0.6 is 22.9 Å². The Balaban J connectivity index is 1.38. The molecule has 166 valence electrons. The highest BCUT2D eigenvalue weighted by Crippen LogP contribution is 2.30. The van der Waals surface area contributed by atoms with E-state index in [0.717, 1.165) is 23.4 Å². The van der Waals surface area contributed by atoms with Crippen LogP contribution in [0.2, 0.25) is 5.02 Å². The molecule has 10 heteroatoms. The second-order valence-electron chi connectivity index (χ2n) is 7.61. The molecule has 32 heavy (non-hydrogen) atoms. The number of aryl methyl sites for hydroxylation is 1.